The van der Waals surface area contributed by atoms with Crippen LogP contribution in [-0.4, -0.2) is 30.1 Å². The molecule has 0 aliphatic heterocycles. The number of H-pyrrole nitrogens is 2. The highest BCUT2D eigenvalue weighted by Crippen LogP contribution is 2.42. The molecule has 126 valence electrons. The second kappa shape index (κ2) is 5.77. The van der Waals surface area contributed by atoms with Gasteiger partial charge in [-0.15, -0.1) is 0 Å². The number of pyridine rings is 2. The molecule has 1 aliphatic rings. The summed E-state index contributed by atoms with van der Waals surface area (Å²) in [6.07, 6.45) is 16.1. The molecule has 1 aliphatic carbocycles. The summed E-state index contributed by atoms with van der Waals surface area (Å²) in [5, 5.41) is 7.70. The van der Waals surface area contributed by atoms with Gasteiger partial charge in [-0.2, -0.15) is 5.10 Å². The highest BCUT2D eigenvalue weighted by atomic mass is 15.1. The molecule has 0 saturated carbocycles. The van der Waals surface area contributed by atoms with Gasteiger partial charge < -0.3 is 4.98 Å². The Balaban J connectivity index is 1.67. The number of imidazole rings is 1. The maximum Gasteiger partial charge on any atom is 0.158 e. The van der Waals surface area contributed by atoms with Crippen LogP contribution in [0.25, 0.3) is 17.6 Å². The molecule has 0 amide bonds. The number of rotatable bonds is 3. The van der Waals surface area contributed by atoms with Gasteiger partial charge in [0.2, 0.25) is 0 Å². The third kappa shape index (κ3) is 2.19. The minimum absolute atomic E-state index is 0.331. The van der Waals surface area contributed by atoms with Crippen LogP contribution in [0.5, 0.6) is 0 Å². The fourth-order valence-electron chi connectivity index (χ4n) is 3.66. The second-order valence-corrected chi connectivity index (χ2v) is 6.37. The standard InChI is InChI=1S/C20H16N6/c1-3-14(12-21-7-1)20(15-4-2-8-22-13-15)6-5-16-17(11-20)25-26-18(16)19-23-9-10-24-19/h1-10,12-13H,11H2,(H,23,24)(H,25,26). The SMILES string of the molecule is C1=CC(c2cccnc2)(c2cccnc2)Cc2[nH]nc(-c3ncc[nH]3)c21. The van der Waals surface area contributed by atoms with Crippen molar-refractivity contribution in [2.24, 2.45) is 0 Å². The molecular formula is C20H16N6. The Morgan fingerprint density at radius 2 is 1.73 bits per heavy atom. The number of allylic oxidation sites excluding steroid dienone is 1. The number of aromatic amines is 2. The first-order chi connectivity index (χ1) is 12.9. The first kappa shape index (κ1) is 14.8. The van der Waals surface area contributed by atoms with Crippen molar-refractivity contribution in [1.82, 2.24) is 30.1 Å². The van der Waals surface area contributed by atoms with Gasteiger partial charge in [0.1, 0.15) is 5.69 Å². The first-order valence-corrected chi connectivity index (χ1v) is 8.44. The van der Waals surface area contributed by atoms with Gasteiger partial charge in [0.15, 0.2) is 5.82 Å². The summed E-state index contributed by atoms with van der Waals surface area (Å²) in [6, 6.07) is 8.16. The van der Waals surface area contributed by atoms with Crippen LogP contribution in [0.15, 0.2) is 67.5 Å². The van der Waals surface area contributed by atoms with Crippen molar-refractivity contribution in [3.63, 3.8) is 0 Å². The van der Waals surface area contributed by atoms with E-state index in [2.05, 4.69) is 54.4 Å². The lowest BCUT2D eigenvalue weighted by molar-refractivity contribution is 0.615. The van der Waals surface area contributed by atoms with Crippen molar-refractivity contribution in [2.45, 2.75) is 11.8 Å². The molecule has 4 heterocycles. The average molecular weight is 340 g/mol. The normalized spacial score (nSPS) is 14.9. The molecule has 0 saturated heterocycles. The third-order valence-corrected chi connectivity index (χ3v) is 4.95. The Morgan fingerprint density at radius 3 is 2.35 bits per heavy atom. The highest BCUT2D eigenvalue weighted by Gasteiger charge is 2.37. The predicted molar refractivity (Wildman–Crippen MR) is 98.2 cm³/mol. The van der Waals surface area contributed by atoms with Gasteiger partial charge in [-0.1, -0.05) is 24.3 Å². The summed E-state index contributed by atoms with van der Waals surface area (Å²) in [7, 11) is 0. The summed E-state index contributed by atoms with van der Waals surface area (Å²) >= 11 is 0. The third-order valence-electron chi connectivity index (χ3n) is 4.95. The maximum atomic E-state index is 4.49. The van der Waals surface area contributed by atoms with Crippen LogP contribution in [0.4, 0.5) is 0 Å². The minimum atomic E-state index is -0.331. The molecule has 2 N–H and O–H groups in total. The molecule has 0 aromatic carbocycles. The van der Waals surface area contributed by atoms with Crippen LogP contribution in [0.2, 0.25) is 0 Å². The monoisotopic (exact) mass is 340 g/mol. The van der Waals surface area contributed by atoms with Gasteiger partial charge in [0.05, 0.1) is 0 Å². The van der Waals surface area contributed by atoms with Crippen LogP contribution in [0.3, 0.4) is 0 Å². The van der Waals surface area contributed by atoms with E-state index >= 15 is 0 Å². The van der Waals surface area contributed by atoms with Crippen LogP contribution < -0.4 is 0 Å². The number of nitrogens with one attached hydrogen (secondary N) is 2. The van der Waals surface area contributed by atoms with Crippen molar-refractivity contribution in [2.75, 3.05) is 0 Å². The minimum Gasteiger partial charge on any atom is -0.343 e. The topological polar surface area (TPSA) is 83.1 Å². The molecule has 26 heavy (non-hydrogen) atoms. The zero-order valence-electron chi connectivity index (χ0n) is 13.9. The average Bonchev–Trinajstić information content (AvgIpc) is 3.38. The summed E-state index contributed by atoms with van der Waals surface area (Å²) in [5.74, 6) is 0.766. The molecule has 0 atom stereocenters. The lowest BCUT2D eigenvalue weighted by atomic mass is 9.69. The Morgan fingerprint density at radius 1 is 0.962 bits per heavy atom. The van der Waals surface area contributed by atoms with Gasteiger partial charge >= 0.3 is 0 Å². The van der Waals surface area contributed by atoms with Gasteiger partial charge in [-0.05, 0) is 23.3 Å². The zero-order chi connectivity index (χ0) is 17.4. The van der Waals surface area contributed by atoms with E-state index in [9.17, 15) is 0 Å². The van der Waals surface area contributed by atoms with E-state index in [4.69, 9.17) is 0 Å². The fourth-order valence-corrected chi connectivity index (χ4v) is 3.66. The van der Waals surface area contributed by atoms with Crippen LogP contribution in [0, 0.1) is 0 Å². The number of hydrogen-bond acceptors (Lipinski definition) is 4. The Kier molecular flexibility index (Phi) is 3.28. The van der Waals surface area contributed by atoms with E-state index < -0.39 is 0 Å². The molecule has 0 bridgehead atoms. The summed E-state index contributed by atoms with van der Waals surface area (Å²) in [6.45, 7) is 0. The summed E-state index contributed by atoms with van der Waals surface area (Å²) in [5.41, 5.74) is 4.91. The molecule has 6 nitrogen and oxygen atoms in total. The van der Waals surface area contributed by atoms with Gasteiger partial charge in [0.25, 0.3) is 0 Å². The van der Waals surface area contributed by atoms with Crippen LogP contribution >= 0.6 is 0 Å². The van der Waals surface area contributed by atoms with E-state index in [1.165, 1.54) is 0 Å². The zero-order valence-corrected chi connectivity index (χ0v) is 13.9. The van der Waals surface area contributed by atoms with E-state index in [-0.39, 0.29) is 5.41 Å². The van der Waals surface area contributed by atoms with E-state index in [0.717, 1.165) is 40.3 Å². The largest absolute Gasteiger partial charge is 0.343 e. The summed E-state index contributed by atoms with van der Waals surface area (Å²) in [4.78, 5) is 16.1. The Labute approximate surface area is 150 Å². The molecule has 4 aromatic heterocycles. The smallest absolute Gasteiger partial charge is 0.158 e. The quantitative estimate of drug-likeness (QED) is 0.600. The molecule has 0 unspecified atom stereocenters. The van der Waals surface area contributed by atoms with Crippen LogP contribution in [-0.2, 0) is 11.8 Å². The Bertz CT molecular complexity index is 1010. The second-order valence-electron chi connectivity index (χ2n) is 6.37. The Hall–Kier alpha value is -3.54. The highest BCUT2D eigenvalue weighted by molar-refractivity contribution is 5.73. The fraction of sp³-hybridized carbons (Fsp3) is 0.100. The number of nitrogens with zero attached hydrogens (tertiary/aromatic N) is 4. The lowest BCUT2D eigenvalue weighted by Gasteiger charge is -2.33. The van der Waals surface area contributed by atoms with Crippen molar-refractivity contribution < 1.29 is 0 Å². The molecule has 4 aromatic rings. The van der Waals surface area contributed by atoms with Crippen LogP contribution in [0.1, 0.15) is 22.4 Å². The molecule has 6 heteroatoms. The van der Waals surface area contributed by atoms with E-state index in [1.807, 2.05) is 24.5 Å². The van der Waals surface area contributed by atoms with Crippen molar-refractivity contribution in [1.29, 1.82) is 0 Å². The number of fused-ring (bicyclic) bond motifs is 1. The van der Waals surface area contributed by atoms with Gasteiger partial charge in [-0.3, -0.25) is 15.1 Å². The molecular weight excluding hydrogens is 324 g/mol. The predicted octanol–water partition coefficient (Wildman–Crippen LogP) is 3.15. The molecule has 0 fully saturated rings. The van der Waals surface area contributed by atoms with Crippen molar-refractivity contribution in [3.8, 4) is 11.5 Å². The van der Waals surface area contributed by atoms with Crippen molar-refractivity contribution >= 4 is 6.08 Å². The van der Waals surface area contributed by atoms with E-state index in [1.54, 1.807) is 24.8 Å². The number of aromatic nitrogens is 6. The van der Waals surface area contributed by atoms with Crippen molar-refractivity contribution in [3.05, 3.63) is 89.9 Å². The summed E-state index contributed by atoms with van der Waals surface area (Å²) < 4.78 is 0. The molecule has 0 radical (unpaired) electrons. The number of hydrogen-bond donors (Lipinski definition) is 2. The van der Waals surface area contributed by atoms with E-state index in [0.29, 0.717) is 0 Å². The first-order valence-electron chi connectivity index (χ1n) is 8.44. The van der Waals surface area contributed by atoms with Gasteiger partial charge in [0, 0.05) is 60.3 Å². The van der Waals surface area contributed by atoms with Gasteiger partial charge in [-0.25, -0.2) is 4.98 Å². The lowest BCUT2D eigenvalue weighted by Crippen LogP contribution is -2.30. The maximum absolute atomic E-state index is 4.49. The molecule has 5 rings (SSSR count). The molecule has 0 spiro atoms.